The molecule has 0 spiro atoms. The molecule has 0 fully saturated rings. The van der Waals surface area contributed by atoms with Crippen LogP contribution in [0, 0.1) is 0 Å². The van der Waals surface area contributed by atoms with E-state index in [4.69, 9.17) is 14.4 Å². The number of fused-ring (bicyclic) bond motifs is 6. The molecule has 0 atom stereocenters. The SMILES string of the molecule is Oc1ccccc1-c1cc(-c2ccccc2)cc(-c2cc(-c3nc4c5ccccc5ccn4c3-c3ccccc3)cc3c2oc2ccccc23)n1. The molecule has 10 rings (SSSR count). The van der Waals surface area contributed by atoms with E-state index < -0.39 is 0 Å². The Hall–Kier alpha value is -6.98. The summed E-state index contributed by atoms with van der Waals surface area (Å²) in [6.07, 6.45) is 2.12. The van der Waals surface area contributed by atoms with Gasteiger partial charge >= 0.3 is 0 Å². The Bertz CT molecular complexity index is 2920. The molecule has 240 valence electrons. The van der Waals surface area contributed by atoms with Crippen LogP contribution in [0.25, 0.3) is 94.5 Å². The molecule has 0 saturated carbocycles. The highest BCUT2D eigenvalue weighted by molar-refractivity contribution is 6.12. The van der Waals surface area contributed by atoms with Crippen molar-refractivity contribution in [3.8, 4) is 61.9 Å². The van der Waals surface area contributed by atoms with Gasteiger partial charge in [0, 0.05) is 44.6 Å². The molecule has 0 bridgehead atoms. The van der Waals surface area contributed by atoms with Crippen molar-refractivity contribution in [3.05, 3.63) is 170 Å². The highest BCUT2D eigenvalue weighted by atomic mass is 16.3. The summed E-state index contributed by atoms with van der Waals surface area (Å²) in [6, 6.07) is 55.2. The molecule has 5 nitrogen and oxygen atoms in total. The van der Waals surface area contributed by atoms with E-state index in [9.17, 15) is 5.11 Å². The van der Waals surface area contributed by atoms with Crippen LogP contribution in [0.3, 0.4) is 0 Å². The van der Waals surface area contributed by atoms with Crippen LogP contribution >= 0.6 is 0 Å². The number of aromatic nitrogens is 3. The Morgan fingerprint density at radius 3 is 1.96 bits per heavy atom. The first-order chi connectivity index (χ1) is 25.2. The van der Waals surface area contributed by atoms with Gasteiger partial charge in [-0.2, -0.15) is 0 Å². The van der Waals surface area contributed by atoms with Gasteiger partial charge in [-0.15, -0.1) is 0 Å². The molecule has 0 saturated heterocycles. The summed E-state index contributed by atoms with van der Waals surface area (Å²) in [6.45, 7) is 0. The quantitative estimate of drug-likeness (QED) is 0.200. The highest BCUT2D eigenvalue weighted by Crippen LogP contribution is 2.43. The van der Waals surface area contributed by atoms with Gasteiger partial charge in [-0.3, -0.25) is 4.40 Å². The van der Waals surface area contributed by atoms with E-state index in [1.807, 2.05) is 66.7 Å². The molecule has 6 aromatic carbocycles. The lowest BCUT2D eigenvalue weighted by molar-refractivity contribution is 0.477. The van der Waals surface area contributed by atoms with Gasteiger partial charge < -0.3 is 9.52 Å². The minimum absolute atomic E-state index is 0.174. The lowest BCUT2D eigenvalue weighted by atomic mass is 9.96. The Balaban J connectivity index is 1.31. The minimum atomic E-state index is 0.174. The number of benzene rings is 6. The van der Waals surface area contributed by atoms with Gasteiger partial charge in [0.25, 0.3) is 0 Å². The van der Waals surface area contributed by atoms with Crippen LogP contribution in [-0.4, -0.2) is 19.5 Å². The van der Waals surface area contributed by atoms with Crippen LogP contribution in [-0.2, 0) is 0 Å². The number of pyridine rings is 2. The summed E-state index contributed by atoms with van der Waals surface area (Å²) in [5.41, 5.74) is 11.3. The number of furan rings is 1. The molecule has 0 aliphatic rings. The second-order valence-corrected chi connectivity index (χ2v) is 12.8. The van der Waals surface area contributed by atoms with Gasteiger partial charge in [-0.05, 0) is 65.0 Å². The van der Waals surface area contributed by atoms with E-state index in [1.165, 1.54) is 0 Å². The number of imidazole rings is 1. The van der Waals surface area contributed by atoms with E-state index in [-0.39, 0.29) is 5.75 Å². The van der Waals surface area contributed by atoms with Crippen LogP contribution in [0.15, 0.2) is 174 Å². The smallest absolute Gasteiger partial charge is 0.145 e. The van der Waals surface area contributed by atoms with Crippen LogP contribution in [0.2, 0.25) is 0 Å². The average Bonchev–Trinajstić information content (AvgIpc) is 3.78. The van der Waals surface area contributed by atoms with E-state index in [0.717, 1.165) is 83.3 Å². The predicted molar refractivity (Wildman–Crippen MR) is 207 cm³/mol. The third kappa shape index (κ3) is 4.78. The second kappa shape index (κ2) is 11.6. The van der Waals surface area contributed by atoms with Gasteiger partial charge in [0.2, 0.25) is 0 Å². The summed E-state index contributed by atoms with van der Waals surface area (Å²) >= 11 is 0. The molecule has 5 heteroatoms. The Morgan fingerprint density at radius 1 is 0.490 bits per heavy atom. The first-order valence-electron chi connectivity index (χ1n) is 17.0. The number of aromatic hydroxyl groups is 1. The van der Waals surface area contributed by atoms with Crippen molar-refractivity contribution >= 4 is 38.4 Å². The maximum Gasteiger partial charge on any atom is 0.145 e. The van der Waals surface area contributed by atoms with Crippen molar-refractivity contribution in [1.29, 1.82) is 0 Å². The number of para-hydroxylation sites is 2. The maximum atomic E-state index is 11.0. The molecule has 0 unspecified atom stereocenters. The van der Waals surface area contributed by atoms with Crippen LogP contribution in [0.1, 0.15) is 0 Å². The fourth-order valence-electron chi connectivity index (χ4n) is 7.29. The zero-order valence-electron chi connectivity index (χ0n) is 27.4. The molecule has 0 aliphatic carbocycles. The van der Waals surface area contributed by atoms with Crippen molar-refractivity contribution < 1.29 is 9.52 Å². The van der Waals surface area contributed by atoms with Crippen molar-refractivity contribution in [2.45, 2.75) is 0 Å². The molecule has 0 radical (unpaired) electrons. The molecule has 4 heterocycles. The van der Waals surface area contributed by atoms with Crippen molar-refractivity contribution in [2.24, 2.45) is 0 Å². The van der Waals surface area contributed by atoms with Crippen molar-refractivity contribution in [2.75, 3.05) is 0 Å². The molecular formula is C46H29N3O2. The van der Waals surface area contributed by atoms with Gasteiger partial charge in [-0.1, -0.05) is 115 Å². The lowest BCUT2D eigenvalue weighted by Crippen LogP contribution is -1.93. The predicted octanol–water partition coefficient (Wildman–Crippen LogP) is 11.8. The topological polar surface area (TPSA) is 63.6 Å². The van der Waals surface area contributed by atoms with E-state index in [0.29, 0.717) is 11.3 Å². The molecule has 0 aliphatic heterocycles. The standard InChI is InChI=1S/C46H29N3O2/c50-41-21-11-9-20-36(41)39-27-32(29-13-3-1-4-14-29)28-40(47-39)38-26-33(25-37-35-19-10-12-22-42(35)51-45(37)38)43-44(31-16-5-2-6-17-31)49-24-23-30-15-7-8-18-34(30)46(49)48-43/h1-28,50H. The summed E-state index contributed by atoms with van der Waals surface area (Å²) in [5, 5.41) is 15.2. The van der Waals surface area contributed by atoms with Crippen LogP contribution in [0.4, 0.5) is 0 Å². The summed E-state index contributed by atoms with van der Waals surface area (Å²) in [5.74, 6) is 0.174. The number of hydrogen-bond acceptors (Lipinski definition) is 4. The summed E-state index contributed by atoms with van der Waals surface area (Å²) in [4.78, 5) is 10.6. The van der Waals surface area contributed by atoms with Crippen molar-refractivity contribution in [3.63, 3.8) is 0 Å². The van der Waals surface area contributed by atoms with E-state index in [1.54, 1.807) is 6.07 Å². The van der Waals surface area contributed by atoms with E-state index in [2.05, 4.69) is 102 Å². The van der Waals surface area contributed by atoms with Crippen LogP contribution < -0.4 is 0 Å². The van der Waals surface area contributed by atoms with Crippen LogP contribution in [0.5, 0.6) is 5.75 Å². The fourth-order valence-corrected chi connectivity index (χ4v) is 7.29. The largest absolute Gasteiger partial charge is 0.507 e. The number of rotatable bonds is 5. The number of phenols is 1. The molecule has 10 aromatic rings. The van der Waals surface area contributed by atoms with E-state index >= 15 is 0 Å². The summed E-state index contributed by atoms with van der Waals surface area (Å²) in [7, 11) is 0. The van der Waals surface area contributed by atoms with Gasteiger partial charge in [0.05, 0.1) is 22.8 Å². The molecular weight excluding hydrogens is 627 g/mol. The first kappa shape index (κ1) is 29.0. The molecule has 51 heavy (non-hydrogen) atoms. The lowest BCUT2D eigenvalue weighted by Gasteiger charge is -2.13. The Kier molecular flexibility index (Phi) is 6.58. The number of hydrogen-bond donors (Lipinski definition) is 1. The van der Waals surface area contributed by atoms with Gasteiger partial charge in [0.15, 0.2) is 0 Å². The normalized spacial score (nSPS) is 11.6. The molecule has 4 aromatic heterocycles. The number of phenolic OH excluding ortho intramolecular Hbond substituents is 1. The maximum absolute atomic E-state index is 11.0. The monoisotopic (exact) mass is 655 g/mol. The average molecular weight is 656 g/mol. The zero-order valence-corrected chi connectivity index (χ0v) is 27.4. The Labute approximate surface area is 293 Å². The third-order valence-electron chi connectivity index (χ3n) is 9.70. The summed E-state index contributed by atoms with van der Waals surface area (Å²) < 4.78 is 8.86. The molecule has 1 N–H and O–H groups in total. The Morgan fingerprint density at radius 2 is 1.16 bits per heavy atom. The first-order valence-corrected chi connectivity index (χ1v) is 17.0. The van der Waals surface area contributed by atoms with Gasteiger partial charge in [-0.25, -0.2) is 9.97 Å². The van der Waals surface area contributed by atoms with Crippen molar-refractivity contribution in [1.82, 2.24) is 14.4 Å². The third-order valence-corrected chi connectivity index (χ3v) is 9.70. The minimum Gasteiger partial charge on any atom is -0.507 e. The highest BCUT2D eigenvalue weighted by Gasteiger charge is 2.23. The second-order valence-electron chi connectivity index (χ2n) is 12.8. The van der Waals surface area contributed by atoms with Gasteiger partial charge in [0.1, 0.15) is 22.6 Å². The molecule has 0 amide bonds. The fraction of sp³-hybridized carbons (Fsp3) is 0. The zero-order chi connectivity index (χ0) is 33.9. The number of nitrogens with zero attached hydrogens (tertiary/aromatic N) is 3.